The van der Waals surface area contributed by atoms with Crippen LogP contribution in [0.3, 0.4) is 0 Å². The number of nitro groups is 1. The molecule has 0 saturated heterocycles. The molecule has 0 atom stereocenters. The number of hydrogen-bond acceptors (Lipinski definition) is 5. The van der Waals surface area contributed by atoms with Crippen molar-refractivity contribution in [3.8, 4) is 0 Å². The largest absolute Gasteiger partial charge is 0.399 e. The highest BCUT2D eigenvalue weighted by atomic mass is 16.7. The van der Waals surface area contributed by atoms with Crippen molar-refractivity contribution in [2.75, 3.05) is 19.9 Å². The molecule has 2 N–H and O–H groups in total. The third kappa shape index (κ3) is 2.45. The minimum atomic E-state index is -0.611. The van der Waals surface area contributed by atoms with Gasteiger partial charge in [0.05, 0.1) is 17.6 Å². The van der Waals surface area contributed by atoms with E-state index in [1.807, 2.05) is 0 Å². The molecule has 86 valence electrons. The average molecular weight is 225 g/mol. The molecule has 0 bridgehead atoms. The lowest BCUT2D eigenvalue weighted by molar-refractivity contribution is -0.384. The predicted octanol–water partition coefficient (Wildman–Crippen LogP) is 0.810. The van der Waals surface area contributed by atoms with Gasteiger partial charge in [0.1, 0.15) is 0 Å². The summed E-state index contributed by atoms with van der Waals surface area (Å²) in [6, 6.07) is 3.68. The maximum Gasteiger partial charge on any atom is 0.277 e. The number of amides is 1. The maximum absolute atomic E-state index is 11.6. The van der Waals surface area contributed by atoms with Crippen LogP contribution in [0.15, 0.2) is 18.2 Å². The lowest BCUT2D eigenvalue weighted by atomic mass is 10.1. The number of non-ortho nitro benzene ring substituents is 1. The Balaban J connectivity index is 3.14. The van der Waals surface area contributed by atoms with E-state index in [-0.39, 0.29) is 16.9 Å². The second-order valence-corrected chi connectivity index (χ2v) is 3.06. The molecule has 0 fully saturated rings. The Kier molecular flexibility index (Phi) is 3.41. The molecule has 0 saturated carbocycles. The second-order valence-electron chi connectivity index (χ2n) is 3.06. The van der Waals surface area contributed by atoms with Gasteiger partial charge in [0.15, 0.2) is 0 Å². The van der Waals surface area contributed by atoms with E-state index in [1.54, 1.807) is 0 Å². The van der Waals surface area contributed by atoms with E-state index in [9.17, 15) is 14.9 Å². The fourth-order valence-electron chi connectivity index (χ4n) is 1.13. The van der Waals surface area contributed by atoms with Crippen LogP contribution in [0.4, 0.5) is 11.4 Å². The fraction of sp³-hybridized carbons (Fsp3) is 0.222. The highest BCUT2D eigenvalue weighted by Crippen LogP contribution is 2.19. The Morgan fingerprint density at radius 3 is 2.62 bits per heavy atom. The monoisotopic (exact) mass is 225 g/mol. The van der Waals surface area contributed by atoms with Gasteiger partial charge in [-0.05, 0) is 6.07 Å². The number of nitrogens with zero attached hydrogens (tertiary/aromatic N) is 2. The van der Waals surface area contributed by atoms with Crippen LogP contribution in [0.2, 0.25) is 0 Å². The Bertz CT molecular complexity index is 433. The van der Waals surface area contributed by atoms with Gasteiger partial charge in [0.2, 0.25) is 0 Å². The van der Waals surface area contributed by atoms with E-state index < -0.39 is 10.8 Å². The summed E-state index contributed by atoms with van der Waals surface area (Å²) in [6.07, 6.45) is 0. The summed E-state index contributed by atoms with van der Waals surface area (Å²) in [7, 11) is 2.72. The van der Waals surface area contributed by atoms with Crippen molar-refractivity contribution in [2.45, 2.75) is 0 Å². The summed E-state index contributed by atoms with van der Waals surface area (Å²) in [4.78, 5) is 26.3. The van der Waals surface area contributed by atoms with Gasteiger partial charge in [-0.15, -0.1) is 0 Å². The lowest BCUT2D eigenvalue weighted by Crippen LogP contribution is -2.25. The van der Waals surface area contributed by atoms with E-state index >= 15 is 0 Å². The molecule has 7 heteroatoms. The van der Waals surface area contributed by atoms with Gasteiger partial charge >= 0.3 is 0 Å². The smallest absolute Gasteiger partial charge is 0.277 e. The van der Waals surface area contributed by atoms with Crippen LogP contribution in [0.25, 0.3) is 0 Å². The quantitative estimate of drug-likeness (QED) is 0.466. The summed E-state index contributed by atoms with van der Waals surface area (Å²) in [6.45, 7) is 0. The predicted molar refractivity (Wildman–Crippen MR) is 56.6 cm³/mol. The third-order valence-corrected chi connectivity index (χ3v) is 1.96. The van der Waals surface area contributed by atoms with E-state index in [0.717, 1.165) is 11.1 Å². The zero-order valence-electron chi connectivity index (χ0n) is 8.84. The van der Waals surface area contributed by atoms with Crippen LogP contribution in [0.5, 0.6) is 0 Å². The summed E-state index contributed by atoms with van der Waals surface area (Å²) in [5.41, 5.74) is 5.49. The topological polar surface area (TPSA) is 98.7 Å². The van der Waals surface area contributed by atoms with Crippen molar-refractivity contribution in [2.24, 2.45) is 0 Å². The van der Waals surface area contributed by atoms with Crippen molar-refractivity contribution >= 4 is 17.3 Å². The molecule has 0 spiro atoms. The SMILES string of the molecule is CON(C)C(=O)c1cc(N)cc([N+](=O)[O-])c1. The van der Waals surface area contributed by atoms with Crippen LogP contribution in [-0.4, -0.2) is 30.1 Å². The van der Waals surface area contributed by atoms with Gasteiger partial charge in [0, 0.05) is 24.9 Å². The highest BCUT2D eigenvalue weighted by Gasteiger charge is 2.16. The van der Waals surface area contributed by atoms with Gasteiger partial charge in [0.25, 0.3) is 11.6 Å². The van der Waals surface area contributed by atoms with Gasteiger partial charge in [-0.1, -0.05) is 0 Å². The third-order valence-electron chi connectivity index (χ3n) is 1.96. The molecular formula is C9H11N3O4. The summed E-state index contributed by atoms with van der Waals surface area (Å²) in [5, 5.41) is 11.5. The lowest BCUT2D eigenvalue weighted by Gasteiger charge is -2.13. The molecule has 0 aliphatic rings. The van der Waals surface area contributed by atoms with Crippen LogP contribution >= 0.6 is 0 Å². The van der Waals surface area contributed by atoms with E-state index in [0.29, 0.717) is 0 Å². The number of hydrogen-bond donors (Lipinski definition) is 1. The number of nitrogen functional groups attached to an aromatic ring is 1. The molecule has 0 unspecified atom stereocenters. The second kappa shape index (κ2) is 4.58. The molecule has 1 rings (SSSR count). The van der Waals surface area contributed by atoms with Gasteiger partial charge in [-0.25, -0.2) is 5.06 Å². The normalized spacial score (nSPS) is 9.88. The molecule has 0 radical (unpaired) electrons. The van der Waals surface area contributed by atoms with E-state index in [1.165, 1.54) is 26.3 Å². The number of nitrogens with two attached hydrogens (primary N) is 1. The van der Waals surface area contributed by atoms with Gasteiger partial charge in [-0.3, -0.25) is 19.7 Å². The Morgan fingerprint density at radius 1 is 1.50 bits per heavy atom. The molecule has 0 aliphatic carbocycles. The molecule has 16 heavy (non-hydrogen) atoms. The molecular weight excluding hydrogens is 214 g/mol. The van der Waals surface area contributed by atoms with E-state index in [4.69, 9.17) is 5.73 Å². The van der Waals surface area contributed by atoms with E-state index in [2.05, 4.69) is 4.84 Å². The van der Waals surface area contributed by atoms with Crippen molar-refractivity contribution in [3.05, 3.63) is 33.9 Å². The van der Waals surface area contributed by atoms with Crippen molar-refractivity contribution in [3.63, 3.8) is 0 Å². The van der Waals surface area contributed by atoms with Crippen molar-refractivity contribution in [1.29, 1.82) is 0 Å². The first-order valence-electron chi connectivity index (χ1n) is 4.33. The number of hydroxylamine groups is 2. The number of nitro benzene ring substituents is 1. The summed E-state index contributed by atoms with van der Waals surface area (Å²) < 4.78 is 0. The van der Waals surface area contributed by atoms with Crippen molar-refractivity contribution in [1.82, 2.24) is 5.06 Å². The summed E-state index contributed by atoms with van der Waals surface area (Å²) >= 11 is 0. The molecule has 0 aliphatic heterocycles. The number of anilines is 1. The molecule has 1 aromatic carbocycles. The maximum atomic E-state index is 11.6. The highest BCUT2D eigenvalue weighted by molar-refractivity contribution is 5.95. The zero-order chi connectivity index (χ0) is 12.3. The first kappa shape index (κ1) is 11.9. The average Bonchev–Trinajstić information content (AvgIpc) is 2.26. The minimum absolute atomic E-state index is 0.107. The standard InChI is InChI=1S/C9H11N3O4/c1-11(16-2)9(13)6-3-7(10)5-8(4-6)12(14)15/h3-5H,10H2,1-2H3. The molecule has 1 aromatic rings. The number of carbonyl (C=O) groups excluding carboxylic acids is 1. The number of benzene rings is 1. The van der Waals surface area contributed by atoms with Crippen LogP contribution in [0.1, 0.15) is 10.4 Å². The van der Waals surface area contributed by atoms with Crippen molar-refractivity contribution < 1.29 is 14.6 Å². The fourth-order valence-corrected chi connectivity index (χ4v) is 1.13. The Morgan fingerprint density at radius 2 is 2.12 bits per heavy atom. The molecule has 1 amide bonds. The number of rotatable bonds is 3. The van der Waals surface area contributed by atoms with Crippen LogP contribution in [-0.2, 0) is 4.84 Å². The Hall–Kier alpha value is -2.15. The first-order chi connectivity index (χ1) is 7.45. The first-order valence-corrected chi connectivity index (χ1v) is 4.33. The van der Waals surface area contributed by atoms with Crippen LogP contribution in [0, 0.1) is 10.1 Å². The Labute approximate surface area is 91.5 Å². The molecule has 0 aromatic heterocycles. The zero-order valence-corrected chi connectivity index (χ0v) is 8.84. The van der Waals surface area contributed by atoms with Gasteiger partial charge in [-0.2, -0.15) is 0 Å². The number of carbonyl (C=O) groups is 1. The van der Waals surface area contributed by atoms with Crippen LogP contribution < -0.4 is 5.73 Å². The van der Waals surface area contributed by atoms with Gasteiger partial charge < -0.3 is 5.73 Å². The minimum Gasteiger partial charge on any atom is -0.399 e. The molecule has 0 heterocycles. The molecule has 7 nitrogen and oxygen atoms in total. The summed E-state index contributed by atoms with van der Waals surface area (Å²) in [5.74, 6) is -0.502.